The zero-order chi connectivity index (χ0) is 26.4. The normalized spacial score (nSPS) is 16.7. The molecular weight excluding hydrogens is 483 g/mol. The van der Waals surface area contributed by atoms with Crippen LogP contribution >= 0.6 is 0 Å². The standard InChI is InChI=1S/C28H28F3N3O3/c29-28(30,31)15-14-25(24-13-10-21(17-32-24)19-5-2-1-3-6-19)33-23-11-8-20(9-12-23)26(35)34-16-4-7-22(18-34)27(36)37/h1-3,5-6,8-13,17,22,25,33H,4,7,14-16,18H2,(H,36,37). The summed E-state index contributed by atoms with van der Waals surface area (Å²) in [6, 6.07) is 18.9. The van der Waals surface area contributed by atoms with E-state index >= 15 is 0 Å². The lowest BCUT2D eigenvalue weighted by Crippen LogP contribution is -2.42. The highest BCUT2D eigenvalue weighted by molar-refractivity contribution is 5.95. The average Bonchev–Trinajstić information content (AvgIpc) is 2.91. The number of piperidine rings is 1. The molecule has 2 atom stereocenters. The lowest BCUT2D eigenvalue weighted by Gasteiger charge is -2.30. The molecule has 9 heteroatoms. The third-order valence-electron chi connectivity index (χ3n) is 6.50. The Morgan fingerprint density at radius 1 is 1.03 bits per heavy atom. The number of aliphatic carboxylic acids is 1. The second kappa shape index (κ2) is 11.5. The first kappa shape index (κ1) is 26.2. The van der Waals surface area contributed by atoms with Gasteiger partial charge in [0.15, 0.2) is 0 Å². The number of carbonyl (C=O) groups is 2. The summed E-state index contributed by atoms with van der Waals surface area (Å²) in [5.74, 6) is -1.74. The molecule has 1 saturated heterocycles. The van der Waals surface area contributed by atoms with Gasteiger partial charge in [0.25, 0.3) is 5.91 Å². The van der Waals surface area contributed by atoms with Crippen LogP contribution in [0.25, 0.3) is 11.1 Å². The molecule has 1 amide bonds. The van der Waals surface area contributed by atoms with Gasteiger partial charge in [-0.1, -0.05) is 36.4 Å². The number of nitrogens with one attached hydrogen (secondary N) is 1. The molecular formula is C28H28F3N3O3. The largest absolute Gasteiger partial charge is 0.481 e. The number of amides is 1. The summed E-state index contributed by atoms with van der Waals surface area (Å²) in [7, 11) is 0. The fraction of sp³-hybridized carbons (Fsp3) is 0.321. The van der Waals surface area contributed by atoms with Gasteiger partial charge in [0.2, 0.25) is 0 Å². The first-order valence-electron chi connectivity index (χ1n) is 12.2. The first-order valence-corrected chi connectivity index (χ1v) is 12.2. The predicted molar refractivity (Wildman–Crippen MR) is 134 cm³/mol. The lowest BCUT2D eigenvalue weighted by molar-refractivity contribution is -0.143. The Hall–Kier alpha value is -3.88. The topological polar surface area (TPSA) is 82.5 Å². The summed E-state index contributed by atoms with van der Waals surface area (Å²) in [4.78, 5) is 30.1. The molecule has 1 aliphatic rings. The Kier molecular flexibility index (Phi) is 8.11. The Morgan fingerprint density at radius 3 is 2.38 bits per heavy atom. The van der Waals surface area contributed by atoms with Gasteiger partial charge in [0.05, 0.1) is 17.7 Å². The van der Waals surface area contributed by atoms with Crippen molar-refractivity contribution in [2.45, 2.75) is 37.9 Å². The molecule has 2 unspecified atom stereocenters. The SMILES string of the molecule is O=C(O)C1CCCN(C(=O)c2ccc(NC(CCC(F)(F)F)c3ccc(-c4ccccc4)cn3)cc2)C1. The minimum absolute atomic E-state index is 0.165. The minimum Gasteiger partial charge on any atom is -0.481 e. The van der Waals surface area contributed by atoms with Gasteiger partial charge in [-0.05, 0) is 55.2 Å². The van der Waals surface area contributed by atoms with Crippen molar-refractivity contribution in [3.05, 3.63) is 84.2 Å². The van der Waals surface area contributed by atoms with E-state index < -0.39 is 30.5 Å². The molecule has 1 fully saturated rings. The molecule has 0 spiro atoms. The van der Waals surface area contributed by atoms with Crippen LogP contribution in [0.2, 0.25) is 0 Å². The summed E-state index contributed by atoms with van der Waals surface area (Å²) >= 11 is 0. The van der Waals surface area contributed by atoms with Gasteiger partial charge in [0, 0.05) is 42.5 Å². The number of rotatable bonds is 8. The first-order chi connectivity index (χ1) is 17.7. The molecule has 0 radical (unpaired) electrons. The number of carboxylic acid groups (broad SMARTS) is 1. The van der Waals surface area contributed by atoms with E-state index in [0.29, 0.717) is 36.3 Å². The number of nitrogens with zero attached hydrogens (tertiary/aromatic N) is 2. The van der Waals surface area contributed by atoms with Crippen LogP contribution in [-0.2, 0) is 4.79 Å². The van der Waals surface area contributed by atoms with Crippen LogP contribution in [0.1, 0.15) is 47.8 Å². The van der Waals surface area contributed by atoms with Crippen LogP contribution in [0.4, 0.5) is 18.9 Å². The summed E-state index contributed by atoms with van der Waals surface area (Å²) in [5.41, 5.74) is 3.26. The maximum Gasteiger partial charge on any atom is 0.389 e. The molecule has 6 nitrogen and oxygen atoms in total. The van der Waals surface area contributed by atoms with Crippen molar-refractivity contribution in [3.8, 4) is 11.1 Å². The monoisotopic (exact) mass is 511 g/mol. The molecule has 37 heavy (non-hydrogen) atoms. The van der Waals surface area contributed by atoms with Crippen LogP contribution in [0.5, 0.6) is 0 Å². The van der Waals surface area contributed by atoms with E-state index in [4.69, 9.17) is 0 Å². The molecule has 1 aliphatic heterocycles. The van der Waals surface area contributed by atoms with Gasteiger partial charge < -0.3 is 15.3 Å². The number of pyridine rings is 1. The highest BCUT2D eigenvalue weighted by atomic mass is 19.4. The van der Waals surface area contributed by atoms with Crippen molar-refractivity contribution in [2.75, 3.05) is 18.4 Å². The number of aromatic nitrogens is 1. The Balaban J connectivity index is 1.47. The number of alkyl halides is 3. The van der Waals surface area contributed by atoms with Crippen LogP contribution in [0, 0.1) is 5.92 Å². The minimum atomic E-state index is -4.30. The maximum atomic E-state index is 13.0. The maximum absolute atomic E-state index is 13.0. The van der Waals surface area contributed by atoms with Gasteiger partial charge >= 0.3 is 12.1 Å². The summed E-state index contributed by atoms with van der Waals surface area (Å²) < 4.78 is 39.1. The van der Waals surface area contributed by atoms with Crippen LogP contribution in [0.15, 0.2) is 72.9 Å². The van der Waals surface area contributed by atoms with Crippen molar-refractivity contribution in [1.82, 2.24) is 9.88 Å². The predicted octanol–water partition coefficient (Wildman–Crippen LogP) is 6.18. The molecule has 4 rings (SSSR count). The molecule has 0 bridgehead atoms. The molecule has 1 aromatic heterocycles. The van der Waals surface area contributed by atoms with E-state index in [-0.39, 0.29) is 18.9 Å². The average molecular weight is 512 g/mol. The van der Waals surface area contributed by atoms with Crippen LogP contribution < -0.4 is 5.32 Å². The van der Waals surface area contributed by atoms with Gasteiger partial charge in [-0.25, -0.2) is 0 Å². The van der Waals surface area contributed by atoms with Crippen LogP contribution in [-0.4, -0.2) is 46.1 Å². The van der Waals surface area contributed by atoms with Crippen molar-refractivity contribution < 1.29 is 27.9 Å². The van der Waals surface area contributed by atoms with Gasteiger partial charge in [-0.2, -0.15) is 13.2 Å². The van der Waals surface area contributed by atoms with Gasteiger partial charge in [-0.3, -0.25) is 14.6 Å². The van der Waals surface area contributed by atoms with Gasteiger partial charge in [-0.15, -0.1) is 0 Å². The number of carboxylic acids is 1. The smallest absolute Gasteiger partial charge is 0.389 e. The highest BCUT2D eigenvalue weighted by Crippen LogP contribution is 2.30. The number of anilines is 1. The number of benzene rings is 2. The van der Waals surface area contributed by atoms with Crippen LogP contribution in [0.3, 0.4) is 0 Å². The molecule has 2 aromatic carbocycles. The molecule has 0 saturated carbocycles. The zero-order valence-electron chi connectivity index (χ0n) is 20.1. The van der Waals surface area contributed by atoms with E-state index in [0.717, 1.165) is 11.1 Å². The molecule has 0 aliphatic carbocycles. The molecule has 2 N–H and O–H groups in total. The molecule has 3 aromatic rings. The number of likely N-dealkylation sites (tertiary alicyclic amines) is 1. The highest BCUT2D eigenvalue weighted by Gasteiger charge is 2.30. The Labute approximate surface area is 213 Å². The van der Waals surface area contributed by atoms with E-state index in [9.17, 15) is 27.9 Å². The van der Waals surface area contributed by atoms with Crippen molar-refractivity contribution in [1.29, 1.82) is 0 Å². The molecule has 2 heterocycles. The van der Waals surface area contributed by atoms with E-state index in [1.54, 1.807) is 36.5 Å². The number of carbonyl (C=O) groups excluding carboxylic acids is 1. The van der Waals surface area contributed by atoms with Crippen molar-refractivity contribution in [2.24, 2.45) is 5.92 Å². The van der Waals surface area contributed by atoms with E-state index in [2.05, 4.69) is 10.3 Å². The Morgan fingerprint density at radius 2 is 1.76 bits per heavy atom. The van der Waals surface area contributed by atoms with E-state index in [1.165, 1.54) is 4.90 Å². The van der Waals surface area contributed by atoms with E-state index in [1.807, 2.05) is 36.4 Å². The summed E-state index contributed by atoms with van der Waals surface area (Å²) in [5, 5.41) is 12.4. The fourth-order valence-corrected chi connectivity index (χ4v) is 4.47. The number of hydrogen-bond acceptors (Lipinski definition) is 4. The van der Waals surface area contributed by atoms with Gasteiger partial charge in [0.1, 0.15) is 0 Å². The lowest BCUT2D eigenvalue weighted by atomic mass is 9.97. The quantitative estimate of drug-likeness (QED) is 0.377. The summed E-state index contributed by atoms with van der Waals surface area (Å²) in [6.07, 6.45) is -2.66. The second-order valence-electron chi connectivity index (χ2n) is 9.19. The Bertz CT molecular complexity index is 1200. The molecule has 194 valence electrons. The number of halogens is 3. The van der Waals surface area contributed by atoms with Crippen molar-refractivity contribution >= 4 is 17.6 Å². The third-order valence-corrected chi connectivity index (χ3v) is 6.50. The number of hydrogen-bond donors (Lipinski definition) is 2. The fourth-order valence-electron chi connectivity index (χ4n) is 4.47. The summed E-state index contributed by atoms with van der Waals surface area (Å²) in [6.45, 7) is 0.658. The van der Waals surface area contributed by atoms with Crippen molar-refractivity contribution in [3.63, 3.8) is 0 Å². The zero-order valence-corrected chi connectivity index (χ0v) is 20.1. The second-order valence-corrected chi connectivity index (χ2v) is 9.19. The third kappa shape index (κ3) is 7.09.